The number of fused-ring (bicyclic) bond motifs is 3. The minimum atomic E-state index is -1.16. The lowest BCUT2D eigenvalue weighted by molar-refractivity contribution is -0.151. The van der Waals surface area contributed by atoms with Gasteiger partial charge in [-0.15, -0.1) is 0 Å². The molecule has 1 fully saturated rings. The number of rotatable bonds is 8. The number of hydrogen-bond acceptors (Lipinski definition) is 4. The smallest absolute Gasteiger partial charge is 0.407 e. The number of carboxylic acid groups (broad SMARTS) is 1. The zero-order valence-electron chi connectivity index (χ0n) is 20.8. The molecule has 0 spiro atoms. The molecule has 7 nitrogen and oxygen atoms in total. The van der Waals surface area contributed by atoms with E-state index in [9.17, 15) is 19.5 Å². The minimum Gasteiger partial charge on any atom is -0.481 e. The van der Waals surface area contributed by atoms with Crippen LogP contribution < -0.4 is 10.6 Å². The van der Waals surface area contributed by atoms with Crippen LogP contribution in [-0.4, -0.2) is 40.8 Å². The normalized spacial score (nSPS) is 16.5. The van der Waals surface area contributed by atoms with Gasteiger partial charge in [0.25, 0.3) is 0 Å². The Balaban J connectivity index is 1.38. The van der Waals surface area contributed by atoms with E-state index in [0.29, 0.717) is 12.8 Å². The van der Waals surface area contributed by atoms with Gasteiger partial charge in [0.15, 0.2) is 0 Å². The van der Waals surface area contributed by atoms with Crippen LogP contribution in [0.2, 0.25) is 0 Å². The SMILES string of the molecule is CC(C)(NC(=O)CC1(NC(=O)OCC2c3ccccc3-c3ccccc32)CCC1)C(C)(C)C(=O)O. The lowest BCUT2D eigenvalue weighted by Gasteiger charge is -2.44. The van der Waals surface area contributed by atoms with Gasteiger partial charge in [0, 0.05) is 17.9 Å². The Bertz CT molecular complexity index is 1100. The van der Waals surface area contributed by atoms with Gasteiger partial charge < -0.3 is 20.5 Å². The summed E-state index contributed by atoms with van der Waals surface area (Å²) < 4.78 is 5.68. The van der Waals surface area contributed by atoms with Gasteiger partial charge in [-0.3, -0.25) is 9.59 Å². The van der Waals surface area contributed by atoms with Crippen LogP contribution in [0.3, 0.4) is 0 Å². The summed E-state index contributed by atoms with van der Waals surface area (Å²) in [6.07, 6.45) is 1.79. The van der Waals surface area contributed by atoms with Crippen LogP contribution in [0.15, 0.2) is 48.5 Å². The highest BCUT2D eigenvalue weighted by atomic mass is 16.5. The van der Waals surface area contributed by atoms with E-state index in [1.807, 2.05) is 24.3 Å². The number of amides is 2. The lowest BCUT2D eigenvalue weighted by Crippen LogP contribution is -2.60. The summed E-state index contributed by atoms with van der Waals surface area (Å²) in [5.41, 5.74) is 1.81. The third-order valence-electron chi connectivity index (χ3n) is 8.07. The van der Waals surface area contributed by atoms with Crippen LogP contribution in [0.5, 0.6) is 0 Å². The molecule has 2 amide bonds. The van der Waals surface area contributed by atoms with Crippen LogP contribution >= 0.6 is 0 Å². The number of carbonyl (C=O) groups is 3. The van der Waals surface area contributed by atoms with E-state index in [0.717, 1.165) is 28.7 Å². The first-order chi connectivity index (χ1) is 16.5. The molecule has 0 heterocycles. The summed E-state index contributed by atoms with van der Waals surface area (Å²) >= 11 is 0. The van der Waals surface area contributed by atoms with Crippen molar-refractivity contribution < 1.29 is 24.2 Å². The van der Waals surface area contributed by atoms with Crippen molar-refractivity contribution in [1.82, 2.24) is 10.6 Å². The first-order valence-corrected chi connectivity index (χ1v) is 12.1. The molecule has 0 aliphatic heterocycles. The number of carbonyl (C=O) groups excluding carboxylic acids is 2. The Labute approximate surface area is 206 Å². The second-order valence-corrected chi connectivity index (χ2v) is 10.9. The standard InChI is InChI=1S/C28H34N2O5/c1-26(2,24(32)33)27(3,4)29-23(31)16-28(14-9-15-28)30-25(34)35-17-22-20-12-7-5-10-18(20)19-11-6-8-13-21(19)22/h5-8,10-13,22H,9,14-17H2,1-4H3,(H,29,31)(H,30,34)(H,32,33). The number of aliphatic carboxylic acids is 1. The predicted molar refractivity (Wildman–Crippen MR) is 133 cm³/mol. The van der Waals surface area contributed by atoms with Gasteiger partial charge in [0.1, 0.15) is 6.61 Å². The first-order valence-electron chi connectivity index (χ1n) is 12.1. The molecule has 0 unspecified atom stereocenters. The molecule has 4 rings (SSSR count). The predicted octanol–water partition coefficient (Wildman–Crippen LogP) is 4.84. The summed E-state index contributed by atoms with van der Waals surface area (Å²) in [6, 6.07) is 16.3. The summed E-state index contributed by atoms with van der Waals surface area (Å²) in [5.74, 6) is -1.31. The molecule has 2 aliphatic rings. The van der Waals surface area contributed by atoms with Crippen molar-refractivity contribution in [2.75, 3.05) is 6.61 Å². The number of benzene rings is 2. The molecule has 0 saturated heterocycles. The van der Waals surface area contributed by atoms with Gasteiger partial charge in [-0.2, -0.15) is 0 Å². The number of nitrogens with one attached hydrogen (secondary N) is 2. The molecule has 2 aromatic carbocycles. The van der Waals surface area contributed by atoms with E-state index in [4.69, 9.17) is 4.74 Å². The van der Waals surface area contributed by atoms with Crippen molar-refractivity contribution in [1.29, 1.82) is 0 Å². The maximum Gasteiger partial charge on any atom is 0.407 e. The molecule has 7 heteroatoms. The van der Waals surface area contributed by atoms with Gasteiger partial charge in [0.05, 0.1) is 11.0 Å². The average molecular weight is 479 g/mol. The van der Waals surface area contributed by atoms with E-state index >= 15 is 0 Å². The van der Waals surface area contributed by atoms with Crippen molar-refractivity contribution in [3.8, 4) is 11.1 Å². The molecule has 35 heavy (non-hydrogen) atoms. The van der Waals surface area contributed by atoms with Crippen molar-refractivity contribution in [2.24, 2.45) is 5.41 Å². The minimum absolute atomic E-state index is 0.0344. The fourth-order valence-corrected chi connectivity index (χ4v) is 4.92. The Morgan fingerprint density at radius 1 is 0.971 bits per heavy atom. The Hall–Kier alpha value is -3.35. The van der Waals surface area contributed by atoms with E-state index < -0.39 is 28.6 Å². The van der Waals surface area contributed by atoms with E-state index in [2.05, 4.69) is 34.9 Å². The molecule has 0 bridgehead atoms. The quantitative estimate of drug-likeness (QED) is 0.503. The van der Waals surface area contributed by atoms with E-state index in [1.54, 1.807) is 27.7 Å². The Morgan fingerprint density at radius 2 is 1.51 bits per heavy atom. The summed E-state index contributed by atoms with van der Waals surface area (Å²) in [5, 5.41) is 15.3. The van der Waals surface area contributed by atoms with Crippen molar-refractivity contribution >= 4 is 18.0 Å². The number of ether oxygens (including phenoxy) is 1. The topological polar surface area (TPSA) is 105 Å². The highest BCUT2D eigenvalue weighted by Gasteiger charge is 2.46. The average Bonchev–Trinajstić information content (AvgIpc) is 3.09. The van der Waals surface area contributed by atoms with Crippen LogP contribution in [0.25, 0.3) is 11.1 Å². The van der Waals surface area contributed by atoms with Crippen molar-refractivity contribution in [3.05, 3.63) is 59.7 Å². The van der Waals surface area contributed by atoms with Gasteiger partial charge in [-0.25, -0.2) is 4.79 Å². The zero-order valence-corrected chi connectivity index (χ0v) is 20.8. The molecule has 0 radical (unpaired) electrons. The van der Waals surface area contributed by atoms with Gasteiger partial charge >= 0.3 is 12.1 Å². The van der Waals surface area contributed by atoms with Crippen LogP contribution in [0, 0.1) is 5.41 Å². The summed E-state index contributed by atoms with van der Waals surface area (Å²) in [4.78, 5) is 37.3. The fourth-order valence-electron chi connectivity index (χ4n) is 4.92. The number of hydrogen-bond donors (Lipinski definition) is 3. The molecule has 0 aromatic heterocycles. The van der Waals surface area contributed by atoms with Gasteiger partial charge in [-0.1, -0.05) is 48.5 Å². The van der Waals surface area contributed by atoms with Crippen LogP contribution in [-0.2, 0) is 14.3 Å². The Kier molecular flexibility index (Phi) is 6.38. The summed E-state index contributed by atoms with van der Waals surface area (Å²) in [6.45, 7) is 6.78. The molecule has 0 atom stereocenters. The number of alkyl carbamates (subject to hydrolysis) is 1. The van der Waals surface area contributed by atoms with E-state index in [1.165, 1.54) is 0 Å². The number of carboxylic acids is 1. The largest absolute Gasteiger partial charge is 0.481 e. The molecule has 186 valence electrons. The molecular weight excluding hydrogens is 444 g/mol. The fraction of sp³-hybridized carbons (Fsp3) is 0.464. The summed E-state index contributed by atoms with van der Waals surface area (Å²) in [7, 11) is 0. The maximum absolute atomic E-state index is 12.9. The molecule has 3 N–H and O–H groups in total. The Morgan fingerprint density at radius 3 is 2.00 bits per heavy atom. The van der Waals surface area contributed by atoms with Crippen molar-refractivity contribution in [3.63, 3.8) is 0 Å². The maximum atomic E-state index is 12.9. The van der Waals surface area contributed by atoms with Gasteiger partial charge in [0.2, 0.25) is 5.91 Å². The first kappa shape index (κ1) is 24.8. The lowest BCUT2D eigenvalue weighted by atomic mass is 9.72. The molecule has 2 aromatic rings. The highest BCUT2D eigenvalue weighted by molar-refractivity contribution is 5.82. The monoisotopic (exact) mass is 478 g/mol. The second-order valence-electron chi connectivity index (χ2n) is 10.9. The van der Waals surface area contributed by atoms with Gasteiger partial charge in [-0.05, 0) is 69.2 Å². The second kappa shape index (κ2) is 9.02. The van der Waals surface area contributed by atoms with Crippen LogP contribution in [0.4, 0.5) is 4.79 Å². The molecule has 2 aliphatic carbocycles. The van der Waals surface area contributed by atoms with E-state index in [-0.39, 0.29) is 24.9 Å². The van der Waals surface area contributed by atoms with Crippen LogP contribution in [0.1, 0.15) is 70.4 Å². The zero-order chi connectivity index (χ0) is 25.4. The highest BCUT2D eigenvalue weighted by Crippen LogP contribution is 2.44. The third kappa shape index (κ3) is 4.64. The van der Waals surface area contributed by atoms with Crippen molar-refractivity contribution in [2.45, 2.75) is 70.4 Å². The third-order valence-corrected chi connectivity index (χ3v) is 8.07. The molecular formula is C28H34N2O5. The molecule has 1 saturated carbocycles.